The van der Waals surface area contributed by atoms with Gasteiger partial charge in [-0.15, -0.1) is 0 Å². The predicted molar refractivity (Wildman–Crippen MR) is 61.5 cm³/mol. The fourth-order valence-corrected chi connectivity index (χ4v) is 1.96. The van der Waals surface area contributed by atoms with E-state index in [0.717, 1.165) is 32.4 Å². The number of carboxylic acid groups (broad SMARTS) is 1. The Labute approximate surface area is 100 Å². The first-order valence-corrected chi connectivity index (χ1v) is 5.97. The van der Waals surface area contributed by atoms with Gasteiger partial charge in [-0.2, -0.15) is 0 Å². The highest BCUT2D eigenvalue weighted by Gasteiger charge is 2.20. The van der Waals surface area contributed by atoms with Gasteiger partial charge in [0.15, 0.2) is 0 Å². The molecule has 1 unspecified atom stereocenters. The highest BCUT2D eigenvalue weighted by molar-refractivity contribution is 5.83. The third-order valence-electron chi connectivity index (χ3n) is 3.05. The topological polar surface area (TPSA) is 98.7 Å². The summed E-state index contributed by atoms with van der Waals surface area (Å²) in [7, 11) is 0. The molecule has 0 aliphatic carbocycles. The van der Waals surface area contributed by atoms with Gasteiger partial charge in [0, 0.05) is 6.42 Å². The van der Waals surface area contributed by atoms with E-state index in [9.17, 15) is 9.59 Å². The molecule has 0 bridgehead atoms. The molecule has 0 spiro atoms. The number of piperidine rings is 1. The zero-order chi connectivity index (χ0) is 12.7. The first kappa shape index (κ1) is 13.9. The quantitative estimate of drug-likeness (QED) is 0.496. The molecule has 1 rings (SSSR count). The molecule has 1 aliphatic heterocycles. The lowest BCUT2D eigenvalue weighted by molar-refractivity contribution is -0.143. The molecule has 98 valence electrons. The number of hydrogen-bond acceptors (Lipinski definition) is 4. The molecule has 6 nitrogen and oxygen atoms in total. The summed E-state index contributed by atoms with van der Waals surface area (Å²) in [6, 6.07) is -1.18. The van der Waals surface area contributed by atoms with Gasteiger partial charge >= 0.3 is 5.97 Å². The Morgan fingerprint density at radius 1 is 1.35 bits per heavy atom. The summed E-state index contributed by atoms with van der Waals surface area (Å²) < 4.78 is 0. The Kier molecular flexibility index (Phi) is 5.93. The molecule has 1 heterocycles. The fourth-order valence-electron chi connectivity index (χ4n) is 1.96. The number of aliphatic hydroxyl groups excluding tert-OH is 1. The molecule has 6 heteroatoms. The SMILES string of the molecule is O=C(CCC1CCNCC1)NC(CO)C(=O)O. The van der Waals surface area contributed by atoms with Crippen molar-refractivity contribution in [3.63, 3.8) is 0 Å². The Hall–Kier alpha value is -1.14. The van der Waals surface area contributed by atoms with Crippen molar-refractivity contribution in [2.75, 3.05) is 19.7 Å². The van der Waals surface area contributed by atoms with Gasteiger partial charge < -0.3 is 20.8 Å². The lowest BCUT2D eigenvalue weighted by Gasteiger charge is -2.22. The fraction of sp³-hybridized carbons (Fsp3) is 0.818. The third kappa shape index (κ3) is 5.14. The molecule has 1 saturated heterocycles. The summed E-state index contributed by atoms with van der Waals surface area (Å²) >= 11 is 0. The van der Waals surface area contributed by atoms with Crippen LogP contribution in [0.4, 0.5) is 0 Å². The van der Waals surface area contributed by atoms with Gasteiger partial charge in [-0.1, -0.05) is 0 Å². The van der Waals surface area contributed by atoms with Crippen LogP contribution in [0.2, 0.25) is 0 Å². The van der Waals surface area contributed by atoms with Gasteiger partial charge in [0.05, 0.1) is 6.61 Å². The zero-order valence-electron chi connectivity index (χ0n) is 9.82. The van der Waals surface area contributed by atoms with Crippen LogP contribution in [0.1, 0.15) is 25.7 Å². The number of carboxylic acids is 1. The Balaban J connectivity index is 2.21. The van der Waals surface area contributed by atoms with Gasteiger partial charge in [-0.05, 0) is 38.3 Å². The summed E-state index contributed by atoms with van der Waals surface area (Å²) in [4.78, 5) is 22.0. The van der Waals surface area contributed by atoms with Crippen LogP contribution in [-0.4, -0.2) is 47.8 Å². The number of carbonyl (C=O) groups excluding carboxylic acids is 1. The summed E-state index contributed by atoms with van der Waals surface area (Å²) in [5.74, 6) is -0.966. The van der Waals surface area contributed by atoms with Crippen molar-refractivity contribution >= 4 is 11.9 Å². The summed E-state index contributed by atoms with van der Waals surface area (Å²) in [5, 5.41) is 23.0. The monoisotopic (exact) mass is 244 g/mol. The van der Waals surface area contributed by atoms with Crippen LogP contribution in [0, 0.1) is 5.92 Å². The molecule has 1 atom stereocenters. The summed E-state index contributed by atoms with van der Waals surface area (Å²) in [6.07, 6.45) is 3.24. The molecule has 1 amide bonds. The maximum Gasteiger partial charge on any atom is 0.328 e. The average molecular weight is 244 g/mol. The van der Waals surface area contributed by atoms with Crippen molar-refractivity contribution in [3.8, 4) is 0 Å². The standard InChI is InChI=1S/C11H20N2O4/c14-7-9(11(16)17)13-10(15)2-1-8-3-5-12-6-4-8/h8-9,12,14H,1-7H2,(H,13,15)(H,16,17). The number of hydrogen-bond donors (Lipinski definition) is 4. The first-order chi connectivity index (χ1) is 8.13. The largest absolute Gasteiger partial charge is 0.480 e. The van der Waals surface area contributed by atoms with Gasteiger partial charge in [0.1, 0.15) is 6.04 Å². The van der Waals surface area contributed by atoms with Crippen LogP contribution in [0.15, 0.2) is 0 Å². The molecule has 1 aliphatic rings. The minimum atomic E-state index is -1.21. The van der Waals surface area contributed by atoms with Crippen molar-refractivity contribution in [2.45, 2.75) is 31.7 Å². The van der Waals surface area contributed by atoms with Crippen LogP contribution in [0.3, 0.4) is 0 Å². The average Bonchev–Trinajstić information content (AvgIpc) is 2.34. The maximum absolute atomic E-state index is 11.5. The number of amides is 1. The number of aliphatic carboxylic acids is 1. The van der Waals surface area contributed by atoms with Crippen LogP contribution >= 0.6 is 0 Å². The van der Waals surface area contributed by atoms with E-state index in [1.54, 1.807) is 0 Å². The smallest absolute Gasteiger partial charge is 0.328 e. The first-order valence-electron chi connectivity index (χ1n) is 5.97. The zero-order valence-corrected chi connectivity index (χ0v) is 9.82. The van der Waals surface area contributed by atoms with Crippen LogP contribution in [0.5, 0.6) is 0 Å². The van der Waals surface area contributed by atoms with E-state index in [4.69, 9.17) is 10.2 Å². The molecule has 4 N–H and O–H groups in total. The van der Waals surface area contributed by atoms with E-state index in [-0.39, 0.29) is 5.91 Å². The van der Waals surface area contributed by atoms with Crippen molar-refractivity contribution in [1.29, 1.82) is 0 Å². The molecular weight excluding hydrogens is 224 g/mol. The minimum absolute atomic E-state index is 0.301. The normalized spacial score (nSPS) is 18.6. The van der Waals surface area contributed by atoms with Crippen LogP contribution in [-0.2, 0) is 9.59 Å². The van der Waals surface area contributed by atoms with Crippen molar-refractivity contribution in [2.24, 2.45) is 5.92 Å². The van der Waals surface area contributed by atoms with E-state index >= 15 is 0 Å². The third-order valence-corrected chi connectivity index (χ3v) is 3.05. The minimum Gasteiger partial charge on any atom is -0.480 e. The predicted octanol–water partition coefficient (Wildman–Crippen LogP) is -0.672. The van der Waals surface area contributed by atoms with E-state index in [2.05, 4.69) is 10.6 Å². The Morgan fingerprint density at radius 2 is 2.00 bits per heavy atom. The molecule has 17 heavy (non-hydrogen) atoms. The molecular formula is C11H20N2O4. The van der Waals surface area contributed by atoms with Crippen LogP contribution < -0.4 is 10.6 Å². The lowest BCUT2D eigenvalue weighted by Crippen LogP contribution is -2.43. The summed E-state index contributed by atoms with van der Waals surface area (Å²) in [6.45, 7) is 1.40. The Morgan fingerprint density at radius 3 is 2.53 bits per heavy atom. The van der Waals surface area contributed by atoms with E-state index < -0.39 is 18.6 Å². The lowest BCUT2D eigenvalue weighted by atomic mass is 9.93. The second kappa shape index (κ2) is 7.24. The Bertz CT molecular complexity index is 264. The molecule has 0 radical (unpaired) electrons. The molecule has 1 fully saturated rings. The molecule has 0 saturated carbocycles. The highest BCUT2D eigenvalue weighted by atomic mass is 16.4. The maximum atomic E-state index is 11.5. The van der Waals surface area contributed by atoms with Crippen molar-refractivity contribution in [1.82, 2.24) is 10.6 Å². The number of aliphatic hydroxyl groups is 1. The highest BCUT2D eigenvalue weighted by Crippen LogP contribution is 2.17. The van der Waals surface area contributed by atoms with Gasteiger partial charge in [-0.25, -0.2) is 4.79 Å². The molecule has 0 aromatic carbocycles. The van der Waals surface area contributed by atoms with Gasteiger partial charge in [-0.3, -0.25) is 4.79 Å². The van der Waals surface area contributed by atoms with Gasteiger partial charge in [0.2, 0.25) is 5.91 Å². The molecule has 0 aromatic heterocycles. The van der Waals surface area contributed by atoms with Crippen molar-refractivity contribution in [3.05, 3.63) is 0 Å². The van der Waals surface area contributed by atoms with Gasteiger partial charge in [0.25, 0.3) is 0 Å². The number of rotatable bonds is 6. The second-order valence-electron chi connectivity index (χ2n) is 4.37. The van der Waals surface area contributed by atoms with E-state index in [1.165, 1.54) is 0 Å². The second-order valence-corrected chi connectivity index (χ2v) is 4.37. The van der Waals surface area contributed by atoms with E-state index in [1.807, 2.05) is 0 Å². The van der Waals surface area contributed by atoms with E-state index in [0.29, 0.717) is 12.3 Å². The summed E-state index contributed by atoms with van der Waals surface area (Å²) in [5.41, 5.74) is 0. The van der Waals surface area contributed by atoms with Crippen LogP contribution in [0.25, 0.3) is 0 Å². The molecule has 0 aromatic rings. The number of carbonyl (C=O) groups is 2. The van der Waals surface area contributed by atoms with Crippen molar-refractivity contribution < 1.29 is 19.8 Å². The number of nitrogens with one attached hydrogen (secondary N) is 2.